The van der Waals surface area contributed by atoms with Crippen molar-refractivity contribution in [2.75, 3.05) is 19.7 Å². The second kappa shape index (κ2) is 5.28. The number of carbonyl (C=O) groups is 1. The van der Waals surface area contributed by atoms with Gasteiger partial charge in [0.25, 0.3) is 11.5 Å². The van der Waals surface area contributed by atoms with Crippen LogP contribution in [0, 0.1) is 0 Å². The number of morpholine rings is 1. The van der Waals surface area contributed by atoms with Gasteiger partial charge in [-0.15, -0.1) is 0 Å². The number of H-pyrrole nitrogens is 1. The van der Waals surface area contributed by atoms with Gasteiger partial charge in [0.05, 0.1) is 18.8 Å². The summed E-state index contributed by atoms with van der Waals surface area (Å²) in [4.78, 5) is 24.6. The van der Waals surface area contributed by atoms with E-state index < -0.39 is 0 Å². The van der Waals surface area contributed by atoms with Crippen LogP contribution in [0.3, 0.4) is 0 Å². The molecular weight excluding hydrogens is 238 g/mol. The van der Waals surface area contributed by atoms with Gasteiger partial charge >= 0.3 is 0 Å². The van der Waals surface area contributed by atoms with Crippen molar-refractivity contribution < 1.29 is 14.6 Å². The number of aromatic amines is 1. The van der Waals surface area contributed by atoms with E-state index in [4.69, 9.17) is 9.84 Å². The van der Waals surface area contributed by atoms with Gasteiger partial charge < -0.3 is 14.7 Å². The minimum atomic E-state index is -0.375. The smallest absolute Gasteiger partial charge is 0.274 e. The van der Waals surface area contributed by atoms with Crippen LogP contribution in [0.5, 0.6) is 0 Å². The van der Waals surface area contributed by atoms with E-state index >= 15 is 0 Å². The molecule has 7 nitrogen and oxygen atoms in total. The first-order valence-corrected chi connectivity index (χ1v) is 5.71. The second-order valence-corrected chi connectivity index (χ2v) is 4.27. The number of hydrogen-bond acceptors (Lipinski definition) is 5. The Morgan fingerprint density at radius 3 is 3.00 bits per heavy atom. The zero-order valence-corrected chi connectivity index (χ0v) is 10.00. The molecule has 0 bridgehead atoms. The number of amides is 1. The third kappa shape index (κ3) is 2.74. The molecule has 0 aliphatic carbocycles. The molecule has 2 heterocycles. The number of hydrogen-bond donors (Lipinski definition) is 2. The molecule has 1 aliphatic heterocycles. The average molecular weight is 253 g/mol. The summed E-state index contributed by atoms with van der Waals surface area (Å²) in [5.74, 6) is -0.278. The van der Waals surface area contributed by atoms with E-state index in [1.165, 1.54) is 12.1 Å². The quantitative estimate of drug-likeness (QED) is 0.704. The monoisotopic (exact) mass is 253 g/mol. The number of ether oxygens (including phenoxy) is 1. The van der Waals surface area contributed by atoms with Crippen molar-refractivity contribution in [3.05, 3.63) is 28.2 Å². The van der Waals surface area contributed by atoms with Crippen LogP contribution >= 0.6 is 0 Å². The first kappa shape index (κ1) is 12.7. The van der Waals surface area contributed by atoms with Gasteiger partial charge in [0.2, 0.25) is 0 Å². The van der Waals surface area contributed by atoms with Crippen molar-refractivity contribution in [1.29, 1.82) is 0 Å². The maximum Gasteiger partial charge on any atom is 0.274 e. The summed E-state index contributed by atoms with van der Waals surface area (Å²) in [6, 6.07) is 2.64. The highest BCUT2D eigenvalue weighted by molar-refractivity contribution is 5.92. The van der Waals surface area contributed by atoms with Gasteiger partial charge in [-0.3, -0.25) is 9.59 Å². The molecule has 2 atom stereocenters. The summed E-state index contributed by atoms with van der Waals surface area (Å²) in [7, 11) is 0. The molecule has 2 rings (SSSR count). The van der Waals surface area contributed by atoms with Gasteiger partial charge in [-0.05, 0) is 13.0 Å². The van der Waals surface area contributed by atoms with Gasteiger partial charge in [-0.1, -0.05) is 0 Å². The third-order valence-corrected chi connectivity index (χ3v) is 2.72. The fraction of sp³-hybridized carbons (Fsp3) is 0.545. The Bertz CT molecular complexity index is 467. The average Bonchev–Trinajstić information content (AvgIpc) is 2.38. The standard InChI is InChI=1S/C11H15N3O4/c1-7-4-14(5-8(6-15)18-7)11(17)9-2-3-10(16)13-12-9/h2-3,7-8,15H,4-6H2,1H3,(H,13,16). The van der Waals surface area contributed by atoms with E-state index in [2.05, 4.69) is 10.2 Å². The Hall–Kier alpha value is -1.73. The zero-order valence-electron chi connectivity index (χ0n) is 10.00. The van der Waals surface area contributed by atoms with Crippen molar-refractivity contribution in [3.63, 3.8) is 0 Å². The van der Waals surface area contributed by atoms with E-state index in [0.717, 1.165) is 0 Å². The molecule has 1 fully saturated rings. The lowest BCUT2D eigenvalue weighted by molar-refractivity contribution is -0.0859. The number of aromatic nitrogens is 2. The number of aliphatic hydroxyl groups is 1. The minimum Gasteiger partial charge on any atom is -0.394 e. The second-order valence-electron chi connectivity index (χ2n) is 4.27. The molecular formula is C11H15N3O4. The highest BCUT2D eigenvalue weighted by Crippen LogP contribution is 2.12. The maximum atomic E-state index is 12.1. The van der Waals surface area contributed by atoms with Crippen molar-refractivity contribution in [2.24, 2.45) is 0 Å². The largest absolute Gasteiger partial charge is 0.394 e. The van der Waals surface area contributed by atoms with E-state index in [1.54, 1.807) is 4.90 Å². The van der Waals surface area contributed by atoms with E-state index in [1.807, 2.05) is 6.92 Å². The predicted molar refractivity (Wildman–Crippen MR) is 62.2 cm³/mol. The molecule has 1 aromatic rings. The molecule has 2 unspecified atom stereocenters. The fourth-order valence-corrected chi connectivity index (χ4v) is 1.94. The lowest BCUT2D eigenvalue weighted by Crippen LogP contribution is -2.50. The highest BCUT2D eigenvalue weighted by Gasteiger charge is 2.29. The topological polar surface area (TPSA) is 95.5 Å². The highest BCUT2D eigenvalue weighted by atomic mass is 16.5. The first-order chi connectivity index (χ1) is 8.60. The summed E-state index contributed by atoms with van der Waals surface area (Å²) in [5.41, 5.74) is -0.171. The van der Waals surface area contributed by atoms with Crippen LogP contribution in [0.4, 0.5) is 0 Å². The number of aliphatic hydroxyl groups excluding tert-OH is 1. The third-order valence-electron chi connectivity index (χ3n) is 2.72. The Morgan fingerprint density at radius 2 is 2.39 bits per heavy atom. The summed E-state index contributed by atoms with van der Waals surface area (Å²) in [6.07, 6.45) is -0.511. The predicted octanol–water partition coefficient (Wildman–Crippen LogP) is -1.01. The van der Waals surface area contributed by atoms with Crippen molar-refractivity contribution in [3.8, 4) is 0 Å². The molecule has 1 saturated heterocycles. The molecule has 1 amide bonds. The van der Waals surface area contributed by atoms with E-state index in [9.17, 15) is 9.59 Å². The van der Waals surface area contributed by atoms with Crippen LogP contribution in [0.1, 0.15) is 17.4 Å². The first-order valence-electron chi connectivity index (χ1n) is 5.71. The number of nitrogens with one attached hydrogen (secondary N) is 1. The number of carbonyl (C=O) groups excluding carboxylic acids is 1. The van der Waals surface area contributed by atoms with Crippen molar-refractivity contribution in [2.45, 2.75) is 19.1 Å². The summed E-state index contributed by atoms with van der Waals surface area (Å²) < 4.78 is 5.45. The molecule has 0 saturated carbocycles. The normalized spacial score (nSPS) is 24.0. The van der Waals surface area contributed by atoms with Gasteiger partial charge in [-0.25, -0.2) is 5.10 Å². The van der Waals surface area contributed by atoms with Gasteiger partial charge in [-0.2, -0.15) is 5.10 Å². The van der Waals surface area contributed by atoms with E-state index in [-0.39, 0.29) is 36.0 Å². The maximum absolute atomic E-state index is 12.1. The van der Waals surface area contributed by atoms with Crippen LogP contribution in [0.25, 0.3) is 0 Å². The van der Waals surface area contributed by atoms with Gasteiger partial charge in [0.1, 0.15) is 5.69 Å². The Balaban J connectivity index is 2.12. The molecule has 1 aliphatic rings. The number of nitrogens with zero attached hydrogens (tertiary/aromatic N) is 2. The molecule has 0 aromatic carbocycles. The van der Waals surface area contributed by atoms with Gasteiger partial charge in [0, 0.05) is 19.2 Å². The van der Waals surface area contributed by atoms with Crippen molar-refractivity contribution >= 4 is 5.91 Å². The van der Waals surface area contributed by atoms with Gasteiger partial charge in [0.15, 0.2) is 0 Å². The zero-order chi connectivity index (χ0) is 13.1. The van der Waals surface area contributed by atoms with Crippen molar-refractivity contribution in [1.82, 2.24) is 15.1 Å². The minimum absolute atomic E-state index is 0.132. The van der Waals surface area contributed by atoms with Crippen LogP contribution in [-0.4, -0.2) is 58.0 Å². The molecule has 18 heavy (non-hydrogen) atoms. The molecule has 0 radical (unpaired) electrons. The van der Waals surface area contributed by atoms with Crippen LogP contribution in [-0.2, 0) is 4.74 Å². The van der Waals surface area contributed by atoms with Crippen LogP contribution < -0.4 is 5.56 Å². The molecule has 7 heteroatoms. The lowest BCUT2D eigenvalue weighted by Gasteiger charge is -2.35. The van der Waals surface area contributed by atoms with Crippen LogP contribution in [0.15, 0.2) is 16.9 Å². The lowest BCUT2D eigenvalue weighted by atomic mass is 10.2. The summed E-state index contributed by atoms with van der Waals surface area (Å²) >= 11 is 0. The Kier molecular flexibility index (Phi) is 3.73. The Morgan fingerprint density at radius 1 is 1.61 bits per heavy atom. The molecule has 98 valence electrons. The SMILES string of the molecule is CC1CN(C(=O)c2ccc(=O)[nH]n2)CC(CO)O1. The molecule has 1 aromatic heterocycles. The molecule has 0 spiro atoms. The summed E-state index contributed by atoms with van der Waals surface area (Å²) in [6.45, 7) is 2.46. The molecule has 2 N–H and O–H groups in total. The fourth-order valence-electron chi connectivity index (χ4n) is 1.94. The Labute approximate surface area is 103 Å². The van der Waals surface area contributed by atoms with Crippen LogP contribution in [0.2, 0.25) is 0 Å². The summed E-state index contributed by atoms with van der Waals surface area (Å²) in [5, 5.41) is 15.0. The van der Waals surface area contributed by atoms with E-state index in [0.29, 0.717) is 13.1 Å². The number of rotatable bonds is 2.